The molecule has 0 bridgehead atoms. The van der Waals surface area contributed by atoms with Gasteiger partial charge in [0.1, 0.15) is 11.8 Å². The largest absolute Gasteiger partial charge is 0.497 e. The first-order chi connectivity index (χ1) is 13.6. The molecule has 1 aliphatic heterocycles. The Morgan fingerprint density at radius 2 is 1.71 bits per heavy atom. The number of rotatable bonds is 8. The third-order valence-corrected chi connectivity index (χ3v) is 5.20. The molecule has 1 heterocycles. The van der Waals surface area contributed by atoms with Crippen molar-refractivity contribution >= 4 is 11.8 Å². The van der Waals surface area contributed by atoms with Crippen LogP contribution >= 0.6 is 0 Å². The minimum atomic E-state index is -0.561. The van der Waals surface area contributed by atoms with Crippen LogP contribution in [0.15, 0.2) is 54.6 Å². The Labute approximate surface area is 166 Å². The van der Waals surface area contributed by atoms with Crippen LogP contribution in [0.5, 0.6) is 5.75 Å². The minimum absolute atomic E-state index is 0.00296. The summed E-state index contributed by atoms with van der Waals surface area (Å²) >= 11 is 0. The van der Waals surface area contributed by atoms with Crippen LogP contribution in [0.3, 0.4) is 0 Å². The molecular formula is C23H28N2O3. The number of nitrogens with zero attached hydrogens (tertiary/aromatic N) is 2. The summed E-state index contributed by atoms with van der Waals surface area (Å²) < 4.78 is 5.23. The lowest BCUT2D eigenvalue weighted by atomic mass is 9.99. The van der Waals surface area contributed by atoms with E-state index in [0.717, 1.165) is 36.1 Å². The van der Waals surface area contributed by atoms with Gasteiger partial charge in [-0.2, -0.15) is 0 Å². The van der Waals surface area contributed by atoms with Gasteiger partial charge in [-0.15, -0.1) is 0 Å². The molecule has 0 aliphatic carbocycles. The Morgan fingerprint density at radius 3 is 2.36 bits per heavy atom. The molecule has 2 aromatic carbocycles. The molecule has 2 aromatic rings. The van der Waals surface area contributed by atoms with Gasteiger partial charge in [0.05, 0.1) is 13.7 Å². The van der Waals surface area contributed by atoms with Crippen LogP contribution in [0.1, 0.15) is 36.9 Å². The van der Waals surface area contributed by atoms with E-state index in [-0.39, 0.29) is 18.4 Å². The van der Waals surface area contributed by atoms with Gasteiger partial charge in [-0.05, 0) is 36.1 Å². The average molecular weight is 380 g/mol. The van der Waals surface area contributed by atoms with Crippen molar-refractivity contribution in [2.75, 3.05) is 26.7 Å². The van der Waals surface area contributed by atoms with Gasteiger partial charge in [-0.25, -0.2) is 0 Å². The number of methoxy groups -OCH3 is 1. The molecule has 5 heteroatoms. The number of carbonyl (C=O) groups excluding carboxylic acids is 2. The predicted molar refractivity (Wildman–Crippen MR) is 109 cm³/mol. The molecule has 1 aliphatic rings. The van der Waals surface area contributed by atoms with Gasteiger partial charge in [0.15, 0.2) is 0 Å². The van der Waals surface area contributed by atoms with Crippen molar-refractivity contribution in [2.45, 2.75) is 32.2 Å². The Balaban J connectivity index is 1.81. The first-order valence-corrected chi connectivity index (χ1v) is 9.90. The van der Waals surface area contributed by atoms with Gasteiger partial charge < -0.3 is 14.5 Å². The first kappa shape index (κ1) is 19.9. The van der Waals surface area contributed by atoms with E-state index in [2.05, 4.69) is 6.92 Å². The number of hydrogen-bond acceptors (Lipinski definition) is 3. The van der Waals surface area contributed by atoms with Crippen molar-refractivity contribution in [1.29, 1.82) is 0 Å². The van der Waals surface area contributed by atoms with Crippen molar-refractivity contribution in [3.63, 3.8) is 0 Å². The summed E-state index contributed by atoms with van der Waals surface area (Å²) in [7, 11) is 1.61. The third kappa shape index (κ3) is 4.53. The second-order valence-corrected chi connectivity index (χ2v) is 7.11. The minimum Gasteiger partial charge on any atom is -0.497 e. The van der Waals surface area contributed by atoms with Crippen LogP contribution < -0.4 is 4.74 Å². The summed E-state index contributed by atoms with van der Waals surface area (Å²) in [6.07, 6.45) is 2.60. The lowest BCUT2D eigenvalue weighted by Crippen LogP contribution is -2.56. The highest BCUT2D eigenvalue weighted by Crippen LogP contribution is 2.29. The van der Waals surface area contributed by atoms with E-state index in [1.807, 2.05) is 54.6 Å². The number of amides is 2. The second-order valence-electron chi connectivity index (χ2n) is 7.11. The molecule has 28 heavy (non-hydrogen) atoms. The van der Waals surface area contributed by atoms with Crippen molar-refractivity contribution in [2.24, 2.45) is 0 Å². The Morgan fingerprint density at radius 1 is 1.00 bits per heavy atom. The standard InChI is InChI=1S/C23H28N2O3/c1-3-4-15-25-21(26)17-24(16-14-18-8-6-5-7-9-18)23(27)22(25)19-10-12-20(28-2)13-11-19/h5-13,22H,3-4,14-17H2,1-2H3/t22-/m1/s1. The van der Waals surface area contributed by atoms with Gasteiger partial charge in [0.2, 0.25) is 11.8 Å². The monoisotopic (exact) mass is 380 g/mol. The smallest absolute Gasteiger partial charge is 0.250 e. The van der Waals surface area contributed by atoms with E-state index in [1.165, 1.54) is 0 Å². The van der Waals surface area contributed by atoms with Crippen LogP contribution in [0, 0.1) is 0 Å². The predicted octanol–water partition coefficient (Wildman–Crippen LogP) is 3.45. The number of hydrogen-bond donors (Lipinski definition) is 0. The maximum absolute atomic E-state index is 13.3. The quantitative estimate of drug-likeness (QED) is 0.705. The topological polar surface area (TPSA) is 49.9 Å². The summed E-state index contributed by atoms with van der Waals surface area (Å²) in [5.74, 6) is 0.748. The molecular weight excluding hydrogens is 352 g/mol. The van der Waals surface area contributed by atoms with Crippen molar-refractivity contribution < 1.29 is 14.3 Å². The van der Waals surface area contributed by atoms with Gasteiger partial charge in [-0.1, -0.05) is 55.8 Å². The van der Waals surface area contributed by atoms with Crippen LogP contribution in [-0.4, -0.2) is 48.4 Å². The fourth-order valence-corrected chi connectivity index (χ4v) is 3.57. The van der Waals surface area contributed by atoms with Crippen molar-refractivity contribution in [3.8, 4) is 5.75 Å². The lowest BCUT2D eigenvalue weighted by Gasteiger charge is -2.40. The molecule has 2 amide bonds. The maximum atomic E-state index is 13.3. The number of carbonyl (C=O) groups is 2. The highest BCUT2D eigenvalue weighted by atomic mass is 16.5. The molecule has 1 atom stereocenters. The molecule has 0 spiro atoms. The zero-order valence-electron chi connectivity index (χ0n) is 16.6. The number of benzene rings is 2. The highest BCUT2D eigenvalue weighted by Gasteiger charge is 2.39. The number of piperazine rings is 1. The fourth-order valence-electron chi connectivity index (χ4n) is 3.57. The fraction of sp³-hybridized carbons (Fsp3) is 0.391. The summed E-state index contributed by atoms with van der Waals surface area (Å²) in [6.45, 7) is 3.39. The molecule has 3 rings (SSSR count). The van der Waals surface area contributed by atoms with Crippen LogP contribution in [0.4, 0.5) is 0 Å². The van der Waals surface area contributed by atoms with E-state index in [4.69, 9.17) is 4.74 Å². The first-order valence-electron chi connectivity index (χ1n) is 9.90. The molecule has 0 N–H and O–H groups in total. The van der Waals surface area contributed by atoms with Gasteiger partial charge in [0.25, 0.3) is 0 Å². The zero-order chi connectivity index (χ0) is 19.9. The summed E-state index contributed by atoms with van der Waals surface area (Å²) in [5.41, 5.74) is 2.00. The molecule has 148 valence electrons. The average Bonchev–Trinajstić information content (AvgIpc) is 2.74. The van der Waals surface area contributed by atoms with Crippen molar-refractivity contribution in [1.82, 2.24) is 9.80 Å². The Bertz CT molecular complexity index is 789. The number of unbranched alkanes of at least 4 members (excludes halogenated alkanes) is 1. The Hall–Kier alpha value is -2.82. The summed E-state index contributed by atoms with van der Waals surface area (Å²) in [6, 6.07) is 16.9. The summed E-state index contributed by atoms with van der Waals surface area (Å²) in [5, 5.41) is 0. The van der Waals surface area contributed by atoms with Gasteiger partial charge in [0, 0.05) is 13.1 Å². The van der Waals surface area contributed by atoms with Crippen LogP contribution in [0.2, 0.25) is 0 Å². The molecule has 0 radical (unpaired) electrons. The second kappa shape index (κ2) is 9.40. The third-order valence-electron chi connectivity index (χ3n) is 5.20. The SMILES string of the molecule is CCCCN1C(=O)CN(CCc2ccccc2)C(=O)[C@H]1c1ccc(OC)cc1. The van der Waals surface area contributed by atoms with Gasteiger partial charge in [-0.3, -0.25) is 9.59 Å². The molecule has 0 aromatic heterocycles. The molecule has 0 unspecified atom stereocenters. The highest BCUT2D eigenvalue weighted by molar-refractivity contribution is 5.95. The maximum Gasteiger partial charge on any atom is 0.250 e. The molecule has 0 saturated carbocycles. The van der Waals surface area contributed by atoms with Crippen LogP contribution in [0.25, 0.3) is 0 Å². The molecule has 5 nitrogen and oxygen atoms in total. The van der Waals surface area contributed by atoms with Crippen molar-refractivity contribution in [3.05, 3.63) is 65.7 Å². The van der Waals surface area contributed by atoms with E-state index in [0.29, 0.717) is 13.1 Å². The van der Waals surface area contributed by atoms with Gasteiger partial charge >= 0.3 is 0 Å². The summed E-state index contributed by atoms with van der Waals surface area (Å²) in [4.78, 5) is 29.6. The zero-order valence-corrected chi connectivity index (χ0v) is 16.6. The van der Waals surface area contributed by atoms with E-state index < -0.39 is 6.04 Å². The lowest BCUT2D eigenvalue weighted by molar-refractivity contribution is -0.156. The van der Waals surface area contributed by atoms with Crippen LogP contribution in [-0.2, 0) is 16.0 Å². The normalized spacial score (nSPS) is 17.1. The van der Waals surface area contributed by atoms with E-state index >= 15 is 0 Å². The Kier molecular flexibility index (Phi) is 6.69. The molecule has 1 saturated heterocycles. The number of ether oxygens (including phenoxy) is 1. The molecule has 1 fully saturated rings. The van der Waals surface area contributed by atoms with E-state index in [1.54, 1.807) is 16.9 Å². The van der Waals surface area contributed by atoms with E-state index in [9.17, 15) is 9.59 Å².